The number of nitrogens with zero attached hydrogens (tertiary/aromatic N) is 4. The van der Waals surface area contributed by atoms with Crippen LogP contribution >= 0.6 is 0 Å². The van der Waals surface area contributed by atoms with Crippen LogP contribution in [0.3, 0.4) is 0 Å². The molecule has 35 heavy (non-hydrogen) atoms. The van der Waals surface area contributed by atoms with Crippen LogP contribution in [0.25, 0.3) is 0 Å². The van der Waals surface area contributed by atoms with E-state index in [2.05, 4.69) is 25.4 Å². The van der Waals surface area contributed by atoms with Gasteiger partial charge in [0.1, 0.15) is 17.7 Å². The summed E-state index contributed by atoms with van der Waals surface area (Å²) in [5.74, 6) is -4.34. The van der Waals surface area contributed by atoms with E-state index in [1.54, 1.807) is 31.5 Å². The second-order valence-electron chi connectivity index (χ2n) is 7.35. The number of halogens is 2. The smallest absolute Gasteiger partial charge is 0.324 e. The summed E-state index contributed by atoms with van der Waals surface area (Å²) >= 11 is 0. The van der Waals surface area contributed by atoms with Crippen LogP contribution in [0.2, 0.25) is 0 Å². The Kier molecular flexibility index (Phi) is 7.92. The third kappa shape index (κ3) is 6.97. The molecule has 2 amide bonds. The summed E-state index contributed by atoms with van der Waals surface area (Å²) in [7, 11) is 1.66. The Hall–Kier alpha value is -4.54. The molecule has 180 valence electrons. The van der Waals surface area contributed by atoms with Gasteiger partial charge in [-0.1, -0.05) is 22.9 Å². The van der Waals surface area contributed by atoms with Gasteiger partial charge in [-0.2, -0.15) is 8.78 Å². The first-order chi connectivity index (χ1) is 16.7. The summed E-state index contributed by atoms with van der Waals surface area (Å²) in [5, 5.41) is 6.82. The number of aromatic amines is 1. The van der Waals surface area contributed by atoms with Crippen molar-refractivity contribution in [3.8, 4) is 5.75 Å². The molecule has 1 aliphatic heterocycles. The zero-order chi connectivity index (χ0) is 25.4. The molecule has 0 unspecified atom stereocenters. The maximum atomic E-state index is 12.9. The van der Waals surface area contributed by atoms with Gasteiger partial charge >= 0.3 is 11.8 Å². The van der Waals surface area contributed by atoms with Gasteiger partial charge in [0, 0.05) is 31.1 Å². The number of carbonyl (C=O) groups excluding carboxylic acids is 2. The number of imidazole rings is 1. The van der Waals surface area contributed by atoms with Crippen molar-refractivity contribution < 1.29 is 27.8 Å². The number of ether oxygens (including phenoxy) is 1. The molecule has 0 bridgehead atoms. The Labute approximate surface area is 199 Å². The highest BCUT2D eigenvalue weighted by atomic mass is 19.3. The lowest BCUT2D eigenvalue weighted by molar-refractivity contribution is -0.433. The number of H-pyrrole nitrogens is 1. The van der Waals surface area contributed by atoms with Crippen LogP contribution in [-0.4, -0.2) is 57.6 Å². The van der Waals surface area contributed by atoms with Crippen LogP contribution in [-0.2, 0) is 4.79 Å². The first-order valence-electron chi connectivity index (χ1n) is 10.4. The van der Waals surface area contributed by atoms with Crippen molar-refractivity contribution in [3.63, 3.8) is 0 Å². The quantitative estimate of drug-likeness (QED) is 0.423. The van der Waals surface area contributed by atoms with E-state index in [4.69, 9.17) is 4.74 Å². The first kappa shape index (κ1) is 25.1. The Bertz CT molecular complexity index is 1280. The second-order valence-corrected chi connectivity index (χ2v) is 7.35. The van der Waals surface area contributed by atoms with E-state index in [1.165, 1.54) is 30.2 Å². The molecule has 11 heteroatoms. The van der Waals surface area contributed by atoms with Crippen molar-refractivity contribution >= 4 is 41.3 Å². The fraction of sp³-hybridized carbons (Fsp3) is 0.167. The Morgan fingerprint density at radius 2 is 1.94 bits per heavy atom. The highest BCUT2D eigenvalue weighted by molar-refractivity contribution is 6.30. The van der Waals surface area contributed by atoms with Crippen molar-refractivity contribution in [1.29, 1.82) is 0 Å². The molecule has 1 aliphatic rings. The largest absolute Gasteiger partial charge is 0.497 e. The van der Waals surface area contributed by atoms with E-state index in [9.17, 15) is 18.4 Å². The molecule has 1 aromatic heterocycles. The number of hydrogen-bond donors (Lipinski definition) is 2. The lowest BCUT2D eigenvalue weighted by Gasteiger charge is -2.04. The van der Waals surface area contributed by atoms with Crippen LogP contribution < -0.4 is 10.1 Å². The zero-order valence-corrected chi connectivity index (χ0v) is 19.2. The van der Waals surface area contributed by atoms with E-state index in [0.717, 1.165) is 5.75 Å². The average molecular weight is 481 g/mol. The maximum Gasteiger partial charge on any atom is 0.324 e. The summed E-state index contributed by atoms with van der Waals surface area (Å²) in [6.45, 7) is 1.92. The summed E-state index contributed by atoms with van der Waals surface area (Å²) in [4.78, 5) is 33.2. The van der Waals surface area contributed by atoms with Crippen molar-refractivity contribution in [2.24, 2.45) is 10.1 Å². The lowest BCUT2D eigenvalue weighted by atomic mass is 10.2. The molecule has 0 fully saturated rings. The van der Waals surface area contributed by atoms with Gasteiger partial charge in [0.25, 0.3) is 5.91 Å². The van der Waals surface area contributed by atoms with E-state index >= 15 is 0 Å². The van der Waals surface area contributed by atoms with Crippen LogP contribution in [0.4, 0.5) is 20.2 Å². The standard InChI is InChI=1S/C17H14F2N6O2.C7H8O/c1-10(23-16(27)17(2,18)19)9-25-13-4-3-12(7-11(13)8-22-25)24-15(26)14-20-5-6-21-14;1-8-7-5-3-2-4-6-7/h3-9H,1-2H3,(H-,20,21,23,24,26,27);2-6H,1H3/p+1. The van der Waals surface area contributed by atoms with Gasteiger partial charge < -0.3 is 15.0 Å². The third-order valence-electron chi connectivity index (χ3n) is 4.51. The predicted molar refractivity (Wildman–Crippen MR) is 128 cm³/mol. The van der Waals surface area contributed by atoms with E-state index in [0.29, 0.717) is 23.9 Å². The summed E-state index contributed by atoms with van der Waals surface area (Å²) < 4.78 is 32.2. The fourth-order valence-electron chi connectivity index (χ4n) is 2.83. The molecular weight excluding hydrogens is 458 g/mol. The van der Waals surface area contributed by atoms with Crippen LogP contribution in [0.15, 0.2) is 71.0 Å². The van der Waals surface area contributed by atoms with Crippen molar-refractivity contribution in [1.82, 2.24) is 9.97 Å². The van der Waals surface area contributed by atoms with Gasteiger partial charge in [-0.3, -0.25) is 9.59 Å². The van der Waals surface area contributed by atoms with Gasteiger partial charge in [-0.25, -0.2) is 9.98 Å². The number of hydrogen-bond acceptors (Lipinski definition) is 5. The van der Waals surface area contributed by atoms with E-state index in [-0.39, 0.29) is 17.4 Å². The number of alkyl halides is 2. The number of aliphatic imine (C=N–C) groups is 1. The van der Waals surface area contributed by atoms with Gasteiger partial charge in [0.15, 0.2) is 5.82 Å². The van der Waals surface area contributed by atoms with Crippen molar-refractivity contribution in [2.45, 2.75) is 19.8 Å². The number of hydrazone groups is 1. The number of anilines is 1. The average Bonchev–Trinajstić information content (AvgIpc) is 3.50. The normalized spacial score (nSPS) is 13.6. The Morgan fingerprint density at radius 3 is 2.54 bits per heavy atom. The van der Waals surface area contributed by atoms with Gasteiger partial charge in [-0.05, 0) is 36.3 Å². The minimum absolute atomic E-state index is 0.0849. The Morgan fingerprint density at radius 1 is 1.20 bits per heavy atom. The topological polar surface area (TPSA) is 112 Å². The molecule has 9 nitrogen and oxygen atoms in total. The number of benzene rings is 2. The van der Waals surface area contributed by atoms with Crippen LogP contribution in [0.1, 0.15) is 30.0 Å². The molecule has 0 atom stereocenters. The first-order valence-corrected chi connectivity index (χ1v) is 10.4. The molecule has 4 rings (SSSR count). The van der Waals surface area contributed by atoms with Gasteiger partial charge in [-0.15, -0.1) is 0 Å². The predicted octanol–water partition coefficient (Wildman–Crippen LogP) is 4.06. The summed E-state index contributed by atoms with van der Waals surface area (Å²) in [6.07, 6.45) is 5.92. The minimum Gasteiger partial charge on any atom is -0.497 e. The number of nitrogens with one attached hydrogen (secondary N) is 2. The molecule has 0 radical (unpaired) electrons. The molecule has 2 heterocycles. The molecule has 0 spiro atoms. The molecule has 0 aliphatic carbocycles. The van der Waals surface area contributed by atoms with Crippen LogP contribution in [0, 0.1) is 0 Å². The number of carbonyl (C=O) groups is 2. The summed E-state index contributed by atoms with van der Waals surface area (Å²) in [6, 6.07) is 14.7. The number of amides is 2. The molecule has 3 aromatic rings. The highest BCUT2D eigenvalue weighted by Crippen LogP contribution is 2.26. The van der Waals surface area contributed by atoms with Crippen LogP contribution in [0.5, 0.6) is 5.75 Å². The monoisotopic (exact) mass is 481 g/mol. The number of para-hydroxylation sites is 1. The number of rotatable bonds is 5. The third-order valence-corrected chi connectivity index (χ3v) is 4.51. The van der Waals surface area contributed by atoms with Crippen molar-refractivity contribution in [2.75, 3.05) is 12.4 Å². The number of aromatic nitrogens is 2. The van der Waals surface area contributed by atoms with Gasteiger partial charge in [0.2, 0.25) is 11.9 Å². The molecule has 0 saturated carbocycles. The number of fused-ring (bicyclic) bond motifs is 1. The summed E-state index contributed by atoms with van der Waals surface area (Å²) in [5.41, 5.74) is 1.97. The maximum absolute atomic E-state index is 12.9. The molecular formula is C24H23F2N6O3+. The lowest BCUT2D eigenvalue weighted by Crippen LogP contribution is -2.23. The van der Waals surface area contributed by atoms with Crippen molar-refractivity contribution in [3.05, 3.63) is 72.3 Å². The highest BCUT2D eigenvalue weighted by Gasteiger charge is 2.32. The molecule has 2 aromatic carbocycles. The zero-order valence-electron chi connectivity index (χ0n) is 19.2. The van der Waals surface area contributed by atoms with E-state index < -0.39 is 11.8 Å². The number of methoxy groups -OCH3 is 1. The van der Waals surface area contributed by atoms with E-state index in [1.807, 2.05) is 30.3 Å². The SMILES string of the molecule is CC(/C=[N+]1\N=Cc2cc(NC(=O)c3ncc[nH]3)ccc21)=NC(=O)C(C)(F)F.COc1ccccc1. The fourth-order valence-corrected chi connectivity index (χ4v) is 2.83. The molecule has 2 N–H and O–H groups in total. The molecule has 0 saturated heterocycles. The minimum atomic E-state index is -3.53. The Balaban J connectivity index is 0.000000363. The second kappa shape index (κ2) is 11.1. The van der Waals surface area contributed by atoms with Gasteiger partial charge in [0.05, 0.1) is 12.7 Å².